The summed E-state index contributed by atoms with van der Waals surface area (Å²) >= 11 is 0. The maximum atomic E-state index is 5.46. The van der Waals surface area contributed by atoms with E-state index in [1.165, 1.54) is 0 Å². The summed E-state index contributed by atoms with van der Waals surface area (Å²) in [5.41, 5.74) is 1.08. The normalized spacial score (nSPS) is 10.4. The first-order valence-electron chi connectivity index (χ1n) is 5.41. The molecule has 0 fully saturated rings. The van der Waals surface area contributed by atoms with Crippen molar-refractivity contribution in [2.75, 3.05) is 21.3 Å². The van der Waals surface area contributed by atoms with Crippen LogP contribution in [0.5, 0.6) is 17.2 Å². The first-order chi connectivity index (χ1) is 8.22. The monoisotopic (exact) mass is 232 g/mol. The molecule has 2 aromatic carbocycles. The van der Waals surface area contributed by atoms with Gasteiger partial charge in [-0.15, -0.1) is 0 Å². The van der Waals surface area contributed by atoms with E-state index in [1.54, 1.807) is 21.3 Å². The lowest BCUT2D eigenvalue weighted by Gasteiger charge is -2.14. The van der Waals surface area contributed by atoms with Gasteiger partial charge in [-0.25, -0.2) is 0 Å². The predicted molar refractivity (Wildman–Crippen MR) is 68.3 cm³/mol. The zero-order valence-corrected chi connectivity index (χ0v) is 10.5. The summed E-state index contributed by atoms with van der Waals surface area (Å²) in [7, 11) is 4.94. The SMILES string of the molecule is COc1ccc2ccc(C)c(OC)c2c1OC. The fourth-order valence-electron chi connectivity index (χ4n) is 2.07. The van der Waals surface area contributed by atoms with Gasteiger partial charge in [0.15, 0.2) is 11.5 Å². The van der Waals surface area contributed by atoms with Crippen LogP contribution in [0.25, 0.3) is 10.8 Å². The van der Waals surface area contributed by atoms with E-state index in [-0.39, 0.29) is 0 Å². The van der Waals surface area contributed by atoms with E-state index in [0.29, 0.717) is 11.5 Å². The first-order valence-corrected chi connectivity index (χ1v) is 5.41. The second-order valence-corrected chi connectivity index (χ2v) is 3.81. The summed E-state index contributed by atoms with van der Waals surface area (Å²) in [5.74, 6) is 2.26. The topological polar surface area (TPSA) is 27.7 Å². The molecule has 0 spiro atoms. The van der Waals surface area contributed by atoms with E-state index in [1.807, 2.05) is 25.1 Å². The molecule has 0 bridgehead atoms. The van der Waals surface area contributed by atoms with Gasteiger partial charge in [0.05, 0.1) is 26.7 Å². The molecule has 0 amide bonds. The molecule has 3 heteroatoms. The van der Waals surface area contributed by atoms with Crippen LogP contribution in [0, 0.1) is 6.92 Å². The molecule has 0 saturated carbocycles. The Morgan fingerprint density at radius 1 is 0.765 bits per heavy atom. The third-order valence-corrected chi connectivity index (χ3v) is 2.88. The Kier molecular flexibility index (Phi) is 3.09. The molecule has 0 aliphatic heterocycles. The van der Waals surface area contributed by atoms with E-state index in [0.717, 1.165) is 22.1 Å². The summed E-state index contributed by atoms with van der Waals surface area (Å²) in [6.45, 7) is 2.01. The summed E-state index contributed by atoms with van der Waals surface area (Å²) in [5, 5.41) is 2.03. The predicted octanol–water partition coefficient (Wildman–Crippen LogP) is 3.17. The van der Waals surface area contributed by atoms with Gasteiger partial charge in [0.1, 0.15) is 5.75 Å². The Bertz CT molecular complexity index is 547. The molecule has 0 heterocycles. The van der Waals surface area contributed by atoms with Crippen LogP contribution in [0.15, 0.2) is 24.3 Å². The maximum Gasteiger partial charge on any atom is 0.172 e. The Morgan fingerprint density at radius 2 is 1.41 bits per heavy atom. The van der Waals surface area contributed by atoms with Crippen molar-refractivity contribution in [3.63, 3.8) is 0 Å². The number of hydrogen-bond acceptors (Lipinski definition) is 3. The molecule has 0 unspecified atom stereocenters. The molecule has 90 valence electrons. The molecule has 0 saturated heterocycles. The molecule has 0 atom stereocenters. The minimum absolute atomic E-state index is 0.712. The van der Waals surface area contributed by atoms with E-state index in [2.05, 4.69) is 6.07 Å². The molecular weight excluding hydrogens is 216 g/mol. The average molecular weight is 232 g/mol. The molecule has 0 aromatic heterocycles. The third-order valence-electron chi connectivity index (χ3n) is 2.88. The quantitative estimate of drug-likeness (QED) is 0.813. The van der Waals surface area contributed by atoms with E-state index in [9.17, 15) is 0 Å². The maximum absolute atomic E-state index is 5.46. The third kappa shape index (κ3) is 1.78. The molecule has 0 aliphatic carbocycles. The highest BCUT2D eigenvalue weighted by atomic mass is 16.5. The Morgan fingerprint density at radius 3 is 2.00 bits per heavy atom. The lowest BCUT2D eigenvalue weighted by Crippen LogP contribution is -1.95. The first kappa shape index (κ1) is 11.6. The van der Waals surface area contributed by atoms with Gasteiger partial charge < -0.3 is 14.2 Å². The molecular formula is C14H16O3. The number of aryl methyl sites for hydroxylation is 1. The van der Waals surface area contributed by atoms with Crippen molar-refractivity contribution in [1.82, 2.24) is 0 Å². The molecule has 2 rings (SSSR count). The van der Waals surface area contributed by atoms with Crippen LogP contribution in [0.1, 0.15) is 5.56 Å². The van der Waals surface area contributed by atoms with E-state index in [4.69, 9.17) is 14.2 Å². The minimum Gasteiger partial charge on any atom is -0.496 e. The number of benzene rings is 2. The van der Waals surface area contributed by atoms with E-state index >= 15 is 0 Å². The van der Waals surface area contributed by atoms with Crippen molar-refractivity contribution in [2.24, 2.45) is 0 Å². The van der Waals surface area contributed by atoms with Crippen LogP contribution in [-0.2, 0) is 0 Å². The van der Waals surface area contributed by atoms with Gasteiger partial charge in [0.2, 0.25) is 0 Å². The van der Waals surface area contributed by atoms with E-state index < -0.39 is 0 Å². The molecule has 0 N–H and O–H groups in total. The van der Waals surface area contributed by atoms with Gasteiger partial charge in [-0.05, 0) is 23.9 Å². The van der Waals surface area contributed by atoms with Crippen molar-refractivity contribution in [3.8, 4) is 17.2 Å². The standard InChI is InChI=1S/C14H16O3/c1-9-5-6-10-7-8-11(15-2)14(17-4)12(10)13(9)16-3/h5-8H,1-4H3. The van der Waals surface area contributed by atoms with Crippen LogP contribution < -0.4 is 14.2 Å². The highest BCUT2D eigenvalue weighted by molar-refractivity contribution is 5.96. The highest BCUT2D eigenvalue weighted by Gasteiger charge is 2.14. The van der Waals surface area contributed by atoms with Crippen LogP contribution in [0.3, 0.4) is 0 Å². The molecule has 0 radical (unpaired) electrons. The second kappa shape index (κ2) is 4.53. The number of methoxy groups -OCH3 is 3. The zero-order chi connectivity index (χ0) is 12.4. The Labute approximate surface area is 101 Å². The Balaban J connectivity index is 2.89. The molecule has 2 aromatic rings. The smallest absolute Gasteiger partial charge is 0.172 e. The van der Waals surface area contributed by atoms with Crippen LogP contribution >= 0.6 is 0 Å². The van der Waals surface area contributed by atoms with Crippen LogP contribution in [-0.4, -0.2) is 21.3 Å². The fourth-order valence-corrected chi connectivity index (χ4v) is 2.07. The van der Waals surface area contributed by atoms with Crippen LogP contribution in [0.4, 0.5) is 0 Å². The van der Waals surface area contributed by atoms with Crippen molar-refractivity contribution in [3.05, 3.63) is 29.8 Å². The number of rotatable bonds is 3. The van der Waals surface area contributed by atoms with Crippen molar-refractivity contribution < 1.29 is 14.2 Å². The molecule has 3 nitrogen and oxygen atoms in total. The zero-order valence-electron chi connectivity index (χ0n) is 10.5. The van der Waals surface area contributed by atoms with Crippen molar-refractivity contribution in [1.29, 1.82) is 0 Å². The molecule has 17 heavy (non-hydrogen) atoms. The fraction of sp³-hybridized carbons (Fsp3) is 0.286. The number of hydrogen-bond donors (Lipinski definition) is 0. The van der Waals surface area contributed by atoms with Crippen molar-refractivity contribution >= 4 is 10.8 Å². The van der Waals surface area contributed by atoms with Gasteiger partial charge >= 0.3 is 0 Å². The largest absolute Gasteiger partial charge is 0.496 e. The van der Waals surface area contributed by atoms with Gasteiger partial charge in [-0.2, -0.15) is 0 Å². The Hall–Kier alpha value is -1.90. The van der Waals surface area contributed by atoms with Gasteiger partial charge in [0.25, 0.3) is 0 Å². The summed E-state index contributed by atoms with van der Waals surface area (Å²) in [6.07, 6.45) is 0. The van der Waals surface area contributed by atoms with Gasteiger partial charge in [-0.1, -0.05) is 18.2 Å². The summed E-state index contributed by atoms with van der Waals surface area (Å²) in [4.78, 5) is 0. The number of ether oxygens (including phenoxy) is 3. The minimum atomic E-state index is 0.712. The molecule has 0 aliphatic rings. The lowest BCUT2D eigenvalue weighted by atomic mass is 10.0. The number of fused-ring (bicyclic) bond motifs is 1. The lowest BCUT2D eigenvalue weighted by molar-refractivity contribution is 0.356. The average Bonchev–Trinajstić information content (AvgIpc) is 2.37. The second-order valence-electron chi connectivity index (χ2n) is 3.81. The van der Waals surface area contributed by atoms with Crippen LogP contribution in [0.2, 0.25) is 0 Å². The summed E-state index contributed by atoms with van der Waals surface area (Å²) in [6, 6.07) is 7.98. The summed E-state index contributed by atoms with van der Waals surface area (Å²) < 4.78 is 16.2. The highest BCUT2D eigenvalue weighted by Crippen LogP contribution is 2.41. The van der Waals surface area contributed by atoms with Gasteiger partial charge in [0, 0.05) is 0 Å². The van der Waals surface area contributed by atoms with Crippen molar-refractivity contribution in [2.45, 2.75) is 6.92 Å². The van der Waals surface area contributed by atoms with Gasteiger partial charge in [-0.3, -0.25) is 0 Å².